The van der Waals surface area contributed by atoms with Crippen LogP contribution in [0, 0.1) is 6.92 Å². The molecule has 5 heteroatoms. The second-order valence-corrected chi connectivity index (χ2v) is 4.44. The van der Waals surface area contributed by atoms with Gasteiger partial charge in [0.2, 0.25) is 5.91 Å². The lowest BCUT2D eigenvalue weighted by Gasteiger charge is -2.18. The van der Waals surface area contributed by atoms with Crippen LogP contribution in [0.4, 0.5) is 5.69 Å². The van der Waals surface area contributed by atoms with Gasteiger partial charge >= 0.3 is 0 Å². The van der Waals surface area contributed by atoms with Crippen molar-refractivity contribution in [2.45, 2.75) is 13.0 Å². The topological polar surface area (TPSA) is 77.2 Å². The first-order valence-electron chi connectivity index (χ1n) is 6.22. The van der Waals surface area contributed by atoms with Gasteiger partial charge in [0.1, 0.15) is 11.8 Å². The van der Waals surface area contributed by atoms with Crippen molar-refractivity contribution in [3.63, 3.8) is 0 Å². The lowest BCUT2D eigenvalue weighted by atomic mass is 10.0. The SMILES string of the molecule is COc1ccc(NC(C(N)=O)c2cnccc2C)cc1. The summed E-state index contributed by atoms with van der Waals surface area (Å²) >= 11 is 0. The van der Waals surface area contributed by atoms with Crippen LogP contribution in [0.5, 0.6) is 5.75 Å². The Morgan fingerprint density at radius 2 is 2.00 bits per heavy atom. The molecule has 0 fully saturated rings. The fourth-order valence-corrected chi connectivity index (χ4v) is 1.93. The summed E-state index contributed by atoms with van der Waals surface area (Å²) in [4.78, 5) is 15.7. The highest BCUT2D eigenvalue weighted by Crippen LogP contribution is 2.23. The van der Waals surface area contributed by atoms with Crippen molar-refractivity contribution >= 4 is 11.6 Å². The molecule has 2 rings (SSSR count). The number of nitrogens with two attached hydrogens (primary N) is 1. The summed E-state index contributed by atoms with van der Waals surface area (Å²) in [5, 5.41) is 3.12. The van der Waals surface area contributed by atoms with Crippen LogP contribution in [-0.4, -0.2) is 18.0 Å². The van der Waals surface area contributed by atoms with Gasteiger partial charge in [-0.3, -0.25) is 9.78 Å². The summed E-state index contributed by atoms with van der Waals surface area (Å²) in [5.74, 6) is 0.306. The molecule has 1 heterocycles. The maximum atomic E-state index is 11.7. The van der Waals surface area contributed by atoms with Crippen molar-refractivity contribution in [3.05, 3.63) is 53.9 Å². The minimum Gasteiger partial charge on any atom is -0.497 e. The molecule has 2 aromatic rings. The minimum atomic E-state index is -0.614. The second-order valence-electron chi connectivity index (χ2n) is 4.44. The minimum absolute atomic E-state index is 0.447. The third kappa shape index (κ3) is 3.06. The molecule has 1 unspecified atom stereocenters. The fraction of sp³-hybridized carbons (Fsp3) is 0.200. The number of pyridine rings is 1. The highest BCUT2D eigenvalue weighted by molar-refractivity contribution is 5.84. The lowest BCUT2D eigenvalue weighted by molar-refractivity contribution is -0.118. The predicted molar refractivity (Wildman–Crippen MR) is 77.5 cm³/mol. The number of anilines is 1. The van der Waals surface area contributed by atoms with Gasteiger partial charge in [-0.1, -0.05) is 0 Å². The van der Waals surface area contributed by atoms with E-state index in [1.807, 2.05) is 37.3 Å². The smallest absolute Gasteiger partial charge is 0.244 e. The molecular formula is C15H17N3O2. The number of aromatic nitrogens is 1. The molecule has 0 aliphatic heterocycles. The van der Waals surface area contributed by atoms with E-state index in [0.29, 0.717) is 0 Å². The van der Waals surface area contributed by atoms with E-state index in [2.05, 4.69) is 10.3 Å². The van der Waals surface area contributed by atoms with Gasteiger partial charge in [-0.25, -0.2) is 0 Å². The standard InChI is InChI=1S/C15H17N3O2/c1-10-7-8-17-9-13(10)14(15(16)19)18-11-3-5-12(20-2)6-4-11/h3-9,14,18H,1-2H3,(H2,16,19). The molecule has 1 amide bonds. The first-order valence-corrected chi connectivity index (χ1v) is 6.22. The molecule has 5 nitrogen and oxygen atoms in total. The van der Waals surface area contributed by atoms with Crippen molar-refractivity contribution in [2.75, 3.05) is 12.4 Å². The maximum Gasteiger partial charge on any atom is 0.244 e. The van der Waals surface area contributed by atoms with Crippen LogP contribution in [0.3, 0.4) is 0 Å². The Kier molecular flexibility index (Phi) is 4.20. The van der Waals surface area contributed by atoms with Crippen molar-refractivity contribution in [1.29, 1.82) is 0 Å². The normalized spacial score (nSPS) is 11.7. The van der Waals surface area contributed by atoms with E-state index in [9.17, 15) is 4.79 Å². The largest absolute Gasteiger partial charge is 0.497 e. The molecule has 0 aliphatic rings. The average Bonchev–Trinajstić information content (AvgIpc) is 2.46. The summed E-state index contributed by atoms with van der Waals surface area (Å²) in [6.07, 6.45) is 3.34. The van der Waals surface area contributed by atoms with E-state index in [1.165, 1.54) is 0 Å². The molecule has 1 aromatic heterocycles. The number of benzene rings is 1. The number of primary amides is 1. The molecule has 0 radical (unpaired) electrons. The van der Waals surface area contributed by atoms with Crippen molar-refractivity contribution in [3.8, 4) is 5.75 Å². The molecule has 104 valence electrons. The fourth-order valence-electron chi connectivity index (χ4n) is 1.93. The molecule has 0 saturated heterocycles. The molecule has 0 saturated carbocycles. The predicted octanol–water partition coefficient (Wildman–Crippen LogP) is 2.04. The third-order valence-corrected chi connectivity index (χ3v) is 3.08. The van der Waals surface area contributed by atoms with Gasteiger partial charge in [0.05, 0.1) is 7.11 Å². The van der Waals surface area contributed by atoms with Crippen LogP contribution in [0.1, 0.15) is 17.2 Å². The number of carbonyl (C=O) groups excluding carboxylic acids is 1. The number of nitrogens with zero attached hydrogens (tertiary/aromatic N) is 1. The molecule has 1 atom stereocenters. The van der Waals surface area contributed by atoms with Crippen LogP contribution < -0.4 is 15.8 Å². The van der Waals surface area contributed by atoms with E-state index >= 15 is 0 Å². The second kappa shape index (κ2) is 6.06. The third-order valence-electron chi connectivity index (χ3n) is 3.08. The first-order chi connectivity index (χ1) is 9.61. The molecule has 0 bridgehead atoms. The van der Waals surface area contributed by atoms with E-state index in [-0.39, 0.29) is 0 Å². The number of aryl methyl sites for hydroxylation is 1. The molecular weight excluding hydrogens is 254 g/mol. The highest BCUT2D eigenvalue weighted by atomic mass is 16.5. The number of ether oxygens (including phenoxy) is 1. The van der Waals surface area contributed by atoms with Gasteiger partial charge in [-0.05, 0) is 42.8 Å². The van der Waals surface area contributed by atoms with Crippen LogP contribution in [0.25, 0.3) is 0 Å². The van der Waals surface area contributed by atoms with Gasteiger partial charge < -0.3 is 15.8 Å². The van der Waals surface area contributed by atoms with Gasteiger partial charge in [0, 0.05) is 23.6 Å². The van der Waals surface area contributed by atoms with Crippen molar-refractivity contribution in [1.82, 2.24) is 4.98 Å². The highest BCUT2D eigenvalue weighted by Gasteiger charge is 2.19. The van der Waals surface area contributed by atoms with Crippen LogP contribution in [0.2, 0.25) is 0 Å². The lowest BCUT2D eigenvalue weighted by Crippen LogP contribution is -2.28. The monoisotopic (exact) mass is 271 g/mol. The molecule has 20 heavy (non-hydrogen) atoms. The summed E-state index contributed by atoms with van der Waals surface area (Å²) in [5.41, 5.74) is 8.01. The Bertz CT molecular complexity index is 596. The maximum absolute atomic E-state index is 11.7. The van der Waals surface area contributed by atoms with Gasteiger partial charge in [-0.15, -0.1) is 0 Å². The van der Waals surface area contributed by atoms with Crippen LogP contribution >= 0.6 is 0 Å². The van der Waals surface area contributed by atoms with Gasteiger partial charge in [0.25, 0.3) is 0 Å². The van der Waals surface area contributed by atoms with E-state index in [0.717, 1.165) is 22.6 Å². The average molecular weight is 271 g/mol. The van der Waals surface area contributed by atoms with Crippen molar-refractivity contribution < 1.29 is 9.53 Å². The Hall–Kier alpha value is -2.56. The van der Waals surface area contributed by atoms with E-state index in [4.69, 9.17) is 10.5 Å². The molecule has 3 N–H and O–H groups in total. The summed E-state index contributed by atoms with van der Waals surface area (Å²) in [6, 6.07) is 8.53. The van der Waals surface area contributed by atoms with Crippen molar-refractivity contribution in [2.24, 2.45) is 5.73 Å². The number of hydrogen-bond acceptors (Lipinski definition) is 4. The van der Waals surface area contributed by atoms with Gasteiger partial charge in [0.15, 0.2) is 0 Å². The number of rotatable bonds is 5. The molecule has 0 spiro atoms. The summed E-state index contributed by atoms with van der Waals surface area (Å²) < 4.78 is 5.10. The zero-order chi connectivity index (χ0) is 14.5. The quantitative estimate of drug-likeness (QED) is 0.872. The Balaban J connectivity index is 2.26. The Morgan fingerprint density at radius 3 is 2.55 bits per heavy atom. The molecule has 0 aliphatic carbocycles. The van der Waals surface area contributed by atoms with Crippen LogP contribution in [-0.2, 0) is 4.79 Å². The number of methoxy groups -OCH3 is 1. The first kappa shape index (κ1) is 13.9. The van der Waals surface area contributed by atoms with Gasteiger partial charge in [-0.2, -0.15) is 0 Å². The zero-order valence-electron chi connectivity index (χ0n) is 11.5. The zero-order valence-corrected chi connectivity index (χ0v) is 11.5. The summed E-state index contributed by atoms with van der Waals surface area (Å²) in [6.45, 7) is 1.92. The Morgan fingerprint density at radius 1 is 1.30 bits per heavy atom. The van der Waals surface area contributed by atoms with E-state index in [1.54, 1.807) is 19.5 Å². The number of hydrogen-bond donors (Lipinski definition) is 2. The summed E-state index contributed by atoms with van der Waals surface area (Å²) in [7, 11) is 1.60. The van der Waals surface area contributed by atoms with E-state index < -0.39 is 11.9 Å². The van der Waals surface area contributed by atoms with Crippen LogP contribution in [0.15, 0.2) is 42.7 Å². The number of amides is 1. The number of carbonyl (C=O) groups is 1. The number of nitrogens with one attached hydrogen (secondary N) is 1. The molecule has 1 aromatic carbocycles. The Labute approximate surface area is 117 Å².